The number of ether oxygens (including phenoxy) is 3. The van der Waals surface area contributed by atoms with E-state index in [1.54, 1.807) is 34.6 Å². The number of carbonyl (C=O) groups excluding carboxylic acids is 1. The van der Waals surface area contributed by atoms with Crippen molar-refractivity contribution in [2.75, 3.05) is 6.54 Å². The van der Waals surface area contributed by atoms with Gasteiger partial charge in [-0.05, 0) is 41.0 Å². The quantitative estimate of drug-likeness (QED) is 0.808. The van der Waals surface area contributed by atoms with Gasteiger partial charge in [0.25, 0.3) is 0 Å². The first-order chi connectivity index (χ1) is 9.97. The molecule has 7 nitrogen and oxygen atoms in total. The zero-order valence-corrected chi connectivity index (χ0v) is 14.0. The van der Waals surface area contributed by atoms with E-state index in [4.69, 9.17) is 19.3 Å². The van der Waals surface area contributed by atoms with E-state index in [9.17, 15) is 9.59 Å². The van der Waals surface area contributed by atoms with Gasteiger partial charge in [0.05, 0.1) is 18.6 Å². The Bertz CT molecular complexity index is 401. The van der Waals surface area contributed by atoms with Crippen LogP contribution in [-0.4, -0.2) is 47.3 Å². The van der Waals surface area contributed by atoms with Crippen molar-refractivity contribution in [3.8, 4) is 0 Å². The summed E-state index contributed by atoms with van der Waals surface area (Å²) >= 11 is 0. The van der Waals surface area contributed by atoms with Crippen molar-refractivity contribution in [3.05, 3.63) is 0 Å². The number of carboxylic acids is 1. The molecule has 0 aromatic rings. The number of rotatable bonds is 5. The predicted molar refractivity (Wildman–Crippen MR) is 79.5 cm³/mol. The van der Waals surface area contributed by atoms with Gasteiger partial charge in [-0.3, -0.25) is 4.79 Å². The van der Waals surface area contributed by atoms with Crippen LogP contribution in [0.1, 0.15) is 53.9 Å². The van der Waals surface area contributed by atoms with Crippen molar-refractivity contribution in [2.45, 2.75) is 77.5 Å². The van der Waals surface area contributed by atoms with Gasteiger partial charge in [-0.2, -0.15) is 0 Å². The Labute approximate surface area is 131 Å². The molecule has 0 bridgehead atoms. The minimum Gasteiger partial charge on any atom is -0.481 e. The third-order valence-corrected chi connectivity index (χ3v) is 2.96. The molecule has 0 aromatic heterocycles. The maximum absolute atomic E-state index is 11.6. The fraction of sp³-hybridized carbons (Fsp3) is 0.867. The highest BCUT2D eigenvalue weighted by atomic mass is 16.7. The van der Waals surface area contributed by atoms with Gasteiger partial charge in [0, 0.05) is 13.0 Å². The van der Waals surface area contributed by atoms with E-state index < -0.39 is 23.5 Å². The topological polar surface area (TPSA) is 94.1 Å². The van der Waals surface area contributed by atoms with Crippen LogP contribution in [0.4, 0.5) is 4.79 Å². The normalized spacial score (nSPS) is 24.6. The van der Waals surface area contributed by atoms with E-state index in [0.717, 1.165) is 0 Å². The molecule has 0 spiro atoms. The van der Waals surface area contributed by atoms with Crippen molar-refractivity contribution in [3.63, 3.8) is 0 Å². The Hall–Kier alpha value is -1.34. The van der Waals surface area contributed by atoms with E-state index in [-0.39, 0.29) is 18.6 Å². The molecule has 2 atom stereocenters. The van der Waals surface area contributed by atoms with Crippen LogP contribution in [0.15, 0.2) is 0 Å². The molecule has 1 saturated heterocycles. The smallest absolute Gasteiger partial charge is 0.407 e. The Balaban J connectivity index is 2.41. The van der Waals surface area contributed by atoms with E-state index in [1.807, 2.05) is 0 Å². The summed E-state index contributed by atoms with van der Waals surface area (Å²) in [5.74, 6) is -1.72. The lowest BCUT2D eigenvalue weighted by Crippen LogP contribution is -2.46. The van der Waals surface area contributed by atoms with Gasteiger partial charge in [-0.1, -0.05) is 0 Å². The van der Waals surface area contributed by atoms with Crippen LogP contribution in [-0.2, 0) is 19.0 Å². The van der Waals surface area contributed by atoms with Crippen molar-refractivity contribution < 1.29 is 28.9 Å². The molecular weight excluding hydrogens is 290 g/mol. The average molecular weight is 317 g/mol. The standard InChI is InChI=1S/C15H27NO6/c1-14(2,3)22-13(19)16-7-6-10-8-11(9-12(17)18)21-15(4,5)20-10/h10-11H,6-9H2,1-5H3,(H,16,19)(H,17,18)/t10-,11-/m1/s1. The third-order valence-electron chi connectivity index (χ3n) is 2.96. The molecule has 0 aliphatic carbocycles. The highest BCUT2D eigenvalue weighted by Crippen LogP contribution is 2.29. The number of hydrogen-bond donors (Lipinski definition) is 2. The van der Waals surface area contributed by atoms with Crippen molar-refractivity contribution in [1.82, 2.24) is 5.32 Å². The van der Waals surface area contributed by atoms with Gasteiger partial charge in [0.15, 0.2) is 5.79 Å². The van der Waals surface area contributed by atoms with Gasteiger partial charge in [0.1, 0.15) is 5.60 Å². The fourth-order valence-electron chi connectivity index (χ4n) is 2.37. The maximum atomic E-state index is 11.6. The third kappa shape index (κ3) is 7.61. The molecule has 1 heterocycles. The van der Waals surface area contributed by atoms with Crippen LogP contribution in [0.2, 0.25) is 0 Å². The first kappa shape index (κ1) is 18.7. The van der Waals surface area contributed by atoms with Gasteiger partial charge < -0.3 is 24.6 Å². The minimum absolute atomic E-state index is 0.0528. The Kier molecular flexibility index (Phi) is 6.19. The summed E-state index contributed by atoms with van der Waals surface area (Å²) in [6.45, 7) is 9.31. The van der Waals surface area contributed by atoms with Crippen LogP contribution in [0.3, 0.4) is 0 Å². The molecule has 1 amide bonds. The summed E-state index contributed by atoms with van der Waals surface area (Å²) in [6.07, 6.45) is -0.00635. The van der Waals surface area contributed by atoms with Crippen LogP contribution < -0.4 is 5.32 Å². The molecule has 2 N–H and O–H groups in total. The first-order valence-corrected chi connectivity index (χ1v) is 7.51. The zero-order valence-electron chi connectivity index (χ0n) is 14.0. The molecule has 1 rings (SSSR count). The van der Waals surface area contributed by atoms with Crippen molar-refractivity contribution in [1.29, 1.82) is 0 Å². The number of nitrogens with one attached hydrogen (secondary N) is 1. The number of aliphatic carboxylic acids is 1. The van der Waals surface area contributed by atoms with Crippen LogP contribution in [0, 0.1) is 0 Å². The summed E-state index contributed by atoms with van der Waals surface area (Å²) in [4.78, 5) is 22.4. The number of hydrogen-bond acceptors (Lipinski definition) is 5. The Morgan fingerprint density at radius 1 is 1.27 bits per heavy atom. The minimum atomic E-state index is -0.895. The molecule has 1 aliphatic heterocycles. The fourth-order valence-corrected chi connectivity index (χ4v) is 2.37. The van der Waals surface area contributed by atoms with Crippen LogP contribution >= 0.6 is 0 Å². The monoisotopic (exact) mass is 317 g/mol. The van der Waals surface area contributed by atoms with Crippen molar-refractivity contribution >= 4 is 12.1 Å². The highest BCUT2D eigenvalue weighted by molar-refractivity contribution is 5.67. The number of carbonyl (C=O) groups is 2. The molecule has 0 aromatic carbocycles. The lowest BCUT2D eigenvalue weighted by molar-refractivity contribution is -0.300. The highest BCUT2D eigenvalue weighted by Gasteiger charge is 2.36. The molecular formula is C15H27NO6. The molecule has 1 fully saturated rings. The number of carboxylic acid groups (broad SMARTS) is 1. The predicted octanol–water partition coefficient (Wildman–Crippen LogP) is 2.29. The van der Waals surface area contributed by atoms with Gasteiger partial charge >= 0.3 is 12.1 Å². The summed E-state index contributed by atoms with van der Waals surface area (Å²) in [7, 11) is 0. The van der Waals surface area contributed by atoms with Crippen molar-refractivity contribution in [2.24, 2.45) is 0 Å². The molecule has 22 heavy (non-hydrogen) atoms. The lowest BCUT2D eigenvalue weighted by atomic mass is 10.0. The molecule has 128 valence electrons. The lowest BCUT2D eigenvalue weighted by Gasteiger charge is -2.40. The van der Waals surface area contributed by atoms with Gasteiger partial charge in [-0.25, -0.2) is 4.79 Å². The summed E-state index contributed by atoms with van der Waals surface area (Å²) in [6, 6.07) is 0. The molecule has 0 saturated carbocycles. The Morgan fingerprint density at radius 2 is 1.86 bits per heavy atom. The van der Waals surface area contributed by atoms with Gasteiger partial charge in [-0.15, -0.1) is 0 Å². The maximum Gasteiger partial charge on any atom is 0.407 e. The molecule has 1 aliphatic rings. The zero-order chi connectivity index (χ0) is 17.0. The van der Waals surface area contributed by atoms with E-state index in [1.165, 1.54) is 0 Å². The second-order valence-electron chi connectivity index (χ2n) is 6.93. The number of amides is 1. The average Bonchev–Trinajstić information content (AvgIpc) is 2.22. The summed E-state index contributed by atoms with van der Waals surface area (Å²) < 4.78 is 16.5. The second-order valence-corrected chi connectivity index (χ2v) is 6.93. The van der Waals surface area contributed by atoms with Gasteiger partial charge in [0.2, 0.25) is 0 Å². The number of alkyl carbamates (subject to hydrolysis) is 1. The van der Waals surface area contributed by atoms with E-state index in [2.05, 4.69) is 5.32 Å². The molecule has 0 radical (unpaired) electrons. The summed E-state index contributed by atoms with van der Waals surface area (Å²) in [5, 5.41) is 11.6. The Morgan fingerprint density at radius 3 is 2.41 bits per heavy atom. The summed E-state index contributed by atoms with van der Waals surface area (Å²) in [5.41, 5.74) is -0.534. The van der Waals surface area contributed by atoms with E-state index >= 15 is 0 Å². The first-order valence-electron chi connectivity index (χ1n) is 7.51. The van der Waals surface area contributed by atoms with Crippen LogP contribution in [0.5, 0.6) is 0 Å². The van der Waals surface area contributed by atoms with E-state index in [0.29, 0.717) is 19.4 Å². The molecule has 7 heteroatoms. The molecule has 0 unspecified atom stereocenters. The largest absolute Gasteiger partial charge is 0.481 e. The second kappa shape index (κ2) is 7.28. The SMILES string of the molecule is CC(C)(C)OC(=O)NCC[C@@H]1C[C@H](CC(=O)O)OC(C)(C)O1. The van der Waals surface area contributed by atoms with Crippen LogP contribution in [0.25, 0.3) is 0 Å².